The molecular formula is C38H34O8. The number of Topliss-reactive ketones (excluding diaryl/α,β-unsaturated/α-hetero) is 1. The van der Waals surface area contributed by atoms with Gasteiger partial charge in [0.15, 0.2) is 5.78 Å². The van der Waals surface area contributed by atoms with E-state index in [0.717, 1.165) is 16.7 Å². The number of aryl methyl sites for hydroxylation is 2. The Balaban J connectivity index is 1.72. The highest BCUT2D eigenvalue weighted by Gasteiger charge is 2.35. The van der Waals surface area contributed by atoms with Crippen LogP contribution in [0, 0.1) is 13.8 Å². The Morgan fingerprint density at radius 2 is 1.50 bits per heavy atom. The monoisotopic (exact) mass is 618 g/mol. The number of ketones is 1. The molecule has 4 aromatic carbocycles. The van der Waals surface area contributed by atoms with Crippen LogP contribution in [0.3, 0.4) is 0 Å². The minimum absolute atomic E-state index is 0.0344. The number of carbonyl (C=O) groups excluding carboxylic acids is 3. The molecule has 0 radical (unpaired) electrons. The van der Waals surface area contributed by atoms with Crippen molar-refractivity contribution >= 4 is 45.4 Å². The normalized spacial score (nSPS) is 14.0. The van der Waals surface area contributed by atoms with E-state index in [1.165, 1.54) is 6.92 Å². The summed E-state index contributed by atoms with van der Waals surface area (Å²) in [7, 11) is 1.61. The zero-order chi connectivity index (χ0) is 32.7. The van der Waals surface area contributed by atoms with E-state index in [1.54, 1.807) is 40.0 Å². The highest BCUT2D eigenvalue weighted by atomic mass is 16.5. The van der Waals surface area contributed by atoms with Crippen molar-refractivity contribution < 1.29 is 37.7 Å². The maximum absolute atomic E-state index is 13.5. The maximum Gasteiger partial charge on any atom is 0.339 e. The molecule has 0 amide bonds. The van der Waals surface area contributed by atoms with Gasteiger partial charge in [-0.15, -0.1) is 0 Å². The van der Waals surface area contributed by atoms with Gasteiger partial charge in [0.25, 0.3) is 0 Å². The van der Waals surface area contributed by atoms with Crippen LogP contribution in [0.5, 0.6) is 11.5 Å². The molecule has 1 aromatic heterocycles. The first-order chi connectivity index (χ1) is 22.2. The van der Waals surface area contributed by atoms with Gasteiger partial charge < -0.3 is 23.4 Å². The number of carbonyl (C=O) groups is 3. The van der Waals surface area contributed by atoms with Crippen LogP contribution in [0.4, 0.5) is 0 Å². The Morgan fingerprint density at radius 3 is 2.13 bits per heavy atom. The summed E-state index contributed by atoms with van der Waals surface area (Å²) in [5.41, 5.74) is 5.40. The van der Waals surface area contributed by atoms with Gasteiger partial charge in [-0.2, -0.15) is 0 Å². The van der Waals surface area contributed by atoms with Crippen LogP contribution in [0.2, 0.25) is 0 Å². The number of benzene rings is 4. The third kappa shape index (κ3) is 5.19. The Kier molecular flexibility index (Phi) is 8.13. The first-order valence-electron chi connectivity index (χ1n) is 15.2. The average Bonchev–Trinajstić information content (AvgIpc) is 3.44. The summed E-state index contributed by atoms with van der Waals surface area (Å²) in [6, 6.07) is 18.9. The van der Waals surface area contributed by atoms with Crippen molar-refractivity contribution in [2.45, 2.75) is 40.5 Å². The average molecular weight is 619 g/mol. The quantitative estimate of drug-likeness (QED) is 0.126. The fraction of sp³-hybridized carbons (Fsp3) is 0.237. The van der Waals surface area contributed by atoms with Crippen LogP contribution >= 0.6 is 0 Å². The molecule has 6 rings (SSSR count). The van der Waals surface area contributed by atoms with Crippen LogP contribution in [-0.2, 0) is 9.47 Å². The Hall–Kier alpha value is -5.37. The van der Waals surface area contributed by atoms with Gasteiger partial charge >= 0.3 is 11.9 Å². The number of rotatable bonds is 8. The van der Waals surface area contributed by atoms with Gasteiger partial charge in [-0.1, -0.05) is 29.8 Å². The lowest BCUT2D eigenvalue weighted by Crippen LogP contribution is -2.15. The number of esters is 2. The van der Waals surface area contributed by atoms with Gasteiger partial charge in [-0.05, 0) is 88.2 Å². The first kappa shape index (κ1) is 30.6. The smallest absolute Gasteiger partial charge is 0.339 e. The second-order valence-corrected chi connectivity index (χ2v) is 11.2. The number of hydrogen-bond donors (Lipinski definition) is 0. The molecule has 8 nitrogen and oxygen atoms in total. The fourth-order valence-corrected chi connectivity index (χ4v) is 6.02. The van der Waals surface area contributed by atoms with Crippen molar-refractivity contribution in [2.75, 3.05) is 20.3 Å². The van der Waals surface area contributed by atoms with Crippen molar-refractivity contribution in [1.29, 1.82) is 0 Å². The van der Waals surface area contributed by atoms with Crippen molar-refractivity contribution in [2.24, 2.45) is 0 Å². The summed E-state index contributed by atoms with van der Waals surface area (Å²) in [4.78, 5) is 40.1. The van der Waals surface area contributed by atoms with E-state index in [0.29, 0.717) is 55.9 Å². The van der Waals surface area contributed by atoms with E-state index >= 15 is 0 Å². The molecule has 8 heteroatoms. The van der Waals surface area contributed by atoms with Crippen LogP contribution in [0.1, 0.15) is 85.6 Å². The molecule has 0 saturated carbocycles. The lowest BCUT2D eigenvalue weighted by Gasteiger charge is -2.27. The molecule has 46 heavy (non-hydrogen) atoms. The number of ether oxygens (including phenoxy) is 4. The molecule has 0 spiro atoms. The lowest BCUT2D eigenvalue weighted by atomic mass is 9.84. The Morgan fingerprint density at radius 1 is 0.826 bits per heavy atom. The molecular weight excluding hydrogens is 584 g/mol. The largest absolute Gasteiger partial charge is 0.497 e. The second kappa shape index (κ2) is 12.2. The van der Waals surface area contributed by atoms with Gasteiger partial charge in [0.05, 0.1) is 42.6 Å². The van der Waals surface area contributed by atoms with E-state index in [9.17, 15) is 14.4 Å². The van der Waals surface area contributed by atoms with Crippen LogP contribution in [0.25, 0.3) is 27.7 Å². The molecule has 1 atom stereocenters. The lowest BCUT2D eigenvalue weighted by molar-refractivity contribution is 0.0481. The van der Waals surface area contributed by atoms with Crippen molar-refractivity contribution in [3.8, 4) is 11.5 Å². The van der Waals surface area contributed by atoms with Crippen molar-refractivity contribution in [3.05, 3.63) is 111 Å². The van der Waals surface area contributed by atoms with Crippen LogP contribution < -0.4 is 9.47 Å². The van der Waals surface area contributed by atoms with Gasteiger partial charge in [0, 0.05) is 22.3 Å². The zero-order valence-electron chi connectivity index (χ0n) is 26.6. The summed E-state index contributed by atoms with van der Waals surface area (Å²) in [6.07, 6.45) is 2.01. The van der Waals surface area contributed by atoms with Gasteiger partial charge in [0.2, 0.25) is 0 Å². The minimum atomic E-state index is -0.687. The molecule has 5 aromatic rings. The number of fused-ring (bicyclic) bond motifs is 5. The Bertz CT molecular complexity index is 2050. The number of hydrogen-bond acceptors (Lipinski definition) is 8. The first-order valence-corrected chi connectivity index (χ1v) is 15.2. The number of allylic oxidation sites excluding steroid dienone is 1. The van der Waals surface area contributed by atoms with E-state index in [1.807, 2.05) is 61.5 Å². The molecule has 0 fully saturated rings. The van der Waals surface area contributed by atoms with Gasteiger partial charge in [0.1, 0.15) is 28.4 Å². The van der Waals surface area contributed by atoms with E-state index in [2.05, 4.69) is 0 Å². The molecule has 234 valence electrons. The molecule has 1 aliphatic rings. The van der Waals surface area contributed by atoms with E-state index < -0.39 is 11.9 Å². The molecule has 0 N–H and O–H groups in total. The number of methoxy groups -OCH3 is 1. The zero-order valence-corrected chi connectivity index (χ0v) is 26.6. The number of furan rings is 1. The van der Waals surface area contributed by atoms with E-state index in [-0.39, 0.29) is 36.0 Å². The van der Waals surface area contributed by atoms with Crippen LogP contribution in [0.15, 0.2) is 71.2 Å². The third-order valence-corrected chi connectivity index (χ3v) is 8.21. The third-order valence-electron chi connectivity index (χ3n) is 8.21. The standard InChI is InChI=1S/C38H34O8/c1-7-43-37(40)29-17-21(4)34-31(32(29)38(41)44-8-2)28-18-26(22(5)39)35-33(36(28)46-34)27(23-11-9-20(3)10-12-23)19-30(45-35)24-13-15-25(42-6)16-14-24/h9-19,27H,7-8H2,1-6H3. The van der Waals surface area contributed by atoms with Crippen molar-refractivity contribution in [1.82, 2.24) is 0 Å². The SMILES string of the molecule is CCOC(=O)c1cc(C)c2oc3c4c(c(C(C)=O)cc3c2c1C(=O)OCC)OC(c1ccc(OC)cc1)=CC4c1ccc(C)cc1. The predicted octanol–water partition coefficient (Wildman–Crippen LogP) is 8.33. The highest BCUT2D eigenvalue weighted by Crippen LogP contribution is 2.50. The summed E-state index contributed by atoms with van der Waals surface area (Å²) in [6.45, 7) is 8.92. The molecule has 0 aliphatic carbocycles. The predicted molar refractivity (Wildman–Crippen MR) is 175 cm³/mol. The maximum atomic E-state index is 13.5. The van der Waals surface area contributed by atoms with E-state index in [4.69, 9.17) is 23.4 Å². The summed E-state index contributed by atoms with van der Waals surface area (Å²) >= 11 is 0. The molecule has 1 unspecified atom stereocenters. The summed E-state index contributed by atoms with van der Waals surface area (Å²) in [5.74, 6) is -0.303. The molecule has 0 saturated heterocycles. The summed E-state index contributed by atoms with van der Waals surface area (Å²) < 4.78 is 29.3. The topological polar surface area (TPSA) is 101 Å². The van der Waals surface area contributed by atoms with Gasteiger partial charge in [-0.25, -0.2) is 9.59 Å². The minimum Gasteiger partial charge on any atom is -0.497 e. The van der Waals surface area contributed by atoms with Gasteiger partial charge in [-0.3, -0.25) is 4.79 Å². The molecule has 0 bridgehead atoms. The molecule has 1 aliphatic heterocycles. The fourth-order valence-electron chi connectivity index (χ4n) is 6.02. The highest BCUT2D eigenvalue weighted by molar-refractivity contribution is 6.22. The van der Waals surface area contributed by atoms with Crippen molar-refractivity contribution in [3.63, 3.8) is 0 Å². The molecule has 2 heterocycles. The second-order valence-electron chi connectivity index (χ2n) is 11.2. The summed E-state index contributed by atoms with van der Waals surface area (Å²) in [5, 5.41) is 0.882. The Labute approximate surface area is 266 Å². The van der Waals surface area contributed by atoms with Crippen LogP contribution in [-0.4, -0.2) is 38.0 Å².